The van der Waals surface area contributed by atoms with Crippen LogP contribution in [-0.4, -0.2) is 59.5 Å². The van der Waals surface area contributed by atoms with Gasteiger partial charge in [-0.05, 0) is 19.5 Å². The number of aryl methyl sites for hydroxylation is 1. The van der Waals surface area contributed by atoms with E-state index in [4.69, 9.17) is 9.97 Å². The topological polar surface area (TPSA) is 35.5 Å². The summed E-state index contributed by atoms with van der Waals surface area (Å²) in [5.74, 6) is 2.08. The third-order valence-electron chi connectivity index (χ3n) is 5.28. The van der Waals surface area contributed by atoms with E-state index in [9.17, 15) is 0 Å². The first kappa shape index (κ1) is 16.5. The molecule has 5 nitrogen and oxygen atoms in total. The van der Waals surface area contributed by atoms with Crippen molar-refractivity contribution < 1.29 is 0 Å². The van der Waals surface area contributed by atoms with Crippen LogP contribution in [-0.2, 0) is 19.5 Å². The molecule has 2 aromatic rings. The van der Waals surface area contributed by atoms with Gasteiger partial charge in [-0.15, -0.1) is 0 Å². The molecule has 132 valence electrons. The van der Waals surface area contributed by atoms with Crippen LogP contribution >= 0.6 is 0 Å². The molecule has 25 heavy (non-hydrogen) atoms. The zero-order valence-corrected chi connectivity index (χ0v) is 15.3. The van der Waals surface area contributed by atoms with E-state index in [1.807, 2.05) is 6.92 Å². The molecule has 0 amide bonds. The maximum atomic E-state index is 4.85. The molecular formula is C20H27N5. The van der Waals surface area contributed by atoms with Crippen LogP contribution in [0.25, 0.3) is 0 Å². The van der Waals surface area contributed by atoms with Crippen LogP contribution in [0.15, 0.2) is 30.3 Å². The van der Waals surface area contributed by atoms with Crippen LogP contribution in [0.3, 0.4) is 0 Å². The fourth-order valence-electron chi connectivity index (χ4n) is 3.83. The normalized spacial score (nSPS) is 19.0. The van der Waals surface area contributed by atoms with E-state index in [-0.39, 0.29) is 0 Å². The molecular weight excluding hydrogens is 310 g/mol. The molecule has 1 aromatic carbocycles. The predicted molar refractivity (Wildman–Crippen MR) is 101 cm³/mol. The number of piperazine rings is 1. The lowest BCUT2D eigenvalue weighted by Gasteiger charge is -2.37. The maximum absolute atomic E-state index is 4.85. The van der Waals surface area contributed by atoms with Gasteiger partial charge in [0.1, 0.15) is 11.6 Å². The Kier molecular flexibility index (Phi) is 4.68. The molecule has 0 atom stereocenters. The fraction of sp³-hybridized carbons (Fsp3) is 0.500. The van der Waals surface area contributed by atoms with Crippen molar-refractivity contribution in [2.75, 3.05) is 44.7 Å². The number of rotatable bonds is 3. The fourth-order valence-corrected chi connectivity index (χ4v) is 3.83. The lowest BCUT2D eigenvalue weighted by atomic mass is 10.0. The highest BCUT2D eigenvalue weighted by atomic mass is 15.3. The van der Waals surface area contributed by atoms with E-state index < -0.39 is 0 Å². The van der Waals surface area contributed by atoms with Gasteiger partial charge in [-0.25, -0.2) is 9.97 Å². The number of hydrogen-bond donors (Lipinski definition) is 0. The minimum atomic E-state index is 0.907. The Morgan fingerprint density at radius 2 is 1.72 bits per heavy atom. The Labute approximate surface area is 150 Å². The molecule has 0 saturated carbocycles. The first-order valence-electron chi connectivity index (χ1n) is 9.25. The lowest BCUT2D eigenvalue weighted by molar-refractivity contribution is 0.242. The van der Waals surface area contributed by atoms with Gasteiger partial charge in [-0.3, -0.25) is 4.90 Å². The second-order valence-electron chi connectivity index (χ2n) is 7.26. The van der Waals surface area contributed by atoms with Crippen molar-refractivity contribution in [3.63, 3.8) is 0 Å². The Balaban J connectivity index is 1.57. The summed E-state index contributed by atoms with van der Waals surface area (Å²) in [6.45, 7) is 9.35. The number of aromatic nitrogens is 2. The molecule has 1 fully saturated rings. The van der Waals surface area contributed by atoms with Crippen LogP contribution in [0, 0.1) is 6.92 Å². The molecule has 1 aromatic heterocycles. The summed E-state index contributed by atoms with van der Waals surface area (Å²) in [4.78, 5) is 17.0. The van der Waals surface area contributed by atoms with Gasteiger partial charge in [-0.2, -0.15) is 0 Å². The van der Waals surface area contributed by atoms with Crippen LogP contribution in [0.5, 0.6) is 0 Å². The second-order valence-corrected chi connectivity index (χ2v) is 7.26. The zero-order chi connectivity index (χ0) is 17.2. The van der Waals surface area contributed by atoms with Crippen molar-refractivity contribution in [3.8, 4) is 0 Å². The van der Waals surface area contributed by atoms with Crippen molar-refractivity contribution in [2.24, 2.45) is 0 Å². The SMILES string of the molecule is Cc1nc2c(c(N3CCN(C)CC3)n1)CN(Cc1ccccc1)CC2. The molecule has 0 radical (unpaired) electrons. The van der Waals surface area contributed by atoms with Gasteiger partial charge in [0.2, 0.25) is 0 Å². The highest BCUT2D eigenvalue weighted by molar-refractivity contribution is 5.50. The number of nitrogens with zero attached hydrogens (tertiary/aromatic N) is 5. The van der Waals surface area contributed by atoms with Crippen molar-refractivity contribution in [2.45, 2.75) is 26.4 Å². The average Bonchev–Trinajstić information content (AvgIpc) is 2.63. The van der Waals surface area contributed by atoms with Crippen molar-refractivity contribution in [3.05, 3.63) is 53.0 Å². The average molecular weight is 337 g/mol. The molecule has 0 aliphatic carbocycles. The Morgan fingerprint density at radius 3 is 2.48 bits per heavy atom. The van der Waals surface area contributed by atoms with E-state index in [1.165, 1.54) is 22.6 Å². The van der Waals surface area contributed by atoms with Gasteiger partial charge < -0.3 is 9.80 Å². The van der Waals surface area contributed by atoms with Crippen LogP contribution in [0.1, 0.15) is 22.6 Å². The van der Waals surface area contributed by atoms with Crippen LogP contribution < -0.4 is 4.90 Å². The number of likely N-dealkylation sites (N-methyl/N-ethyl adjacent to an activating group) is 1. The van der Waals surface area contributed by atoms with E-state index in [0.717, 1.165) is 58.1 Å². The lowest BCUT2D eigenvalue weighted by Crippen LogP contribution is -2.46. The summed E-state index contributed by atoms with van der Waals surface area (Å²) in [5, 5.41) is 0. The molecule has 0 N–H and O–H groups in total. The van der Waals surface area contributed by atoms with Gasteiger partial charge in [0.15, 0.2) is 0 Å². The van der Waals surface area contributed by atoms with E-state index in [1.54, 1.807) is 0 Å². The summed E-state index contributed by atoms with van der Waals surface area (Å²) in [5.41, 5.74) is 3.98. The monoisotopic (exact) mass is 337 g/mol. The van der Waals surface area contributed by atoms with E-state index in [2.05, 4.69) is 52.1 Å². The van der Waals surface area contributed by atoms with Crippen molar-refractivity contribution in [1.82, 2.24) is 19.8 Å². The predicted octanol–water partition coefficient (Wildman–Crippen LogP) is 2.10. The molecule has 2 aliphatic heterocycles. The van der Waals surface area contributed by atoms with Gasteiger partial charge in [0.05, 0.1) is 5.69 Å². The largest absolute Gasteiger partial charge is 0.354 e. The highest BCUT2D eigenvalue weighted by Gasteiger charge is 2.26. The minimum absolute atomic E-state index is 0.907. The molecule has 3 heterocycles. The van der Waals surface area contributed by atoms with Gasteiger partial charge in [-0.1, -0.05) is 30.3 Å². The standard InChI is InChI=1S/C20H27N5/c1-16-21-19-8-9-24(14-17-6-4-3-5-7-17)15-18(19)20(22-16)25-12-10-23(2)11-13-25/h3-7H,8-15H2,1-2H3. The molecule has 0 bridgehead atoms. The van der Waals surface area contributed by atoms with E-state index >= 15 is 0 Å². The van der Waals surface area contributed by atoms with Gasteiger partial charge >= 0.3 is 0 Å². The first-order valence-corrected chi connectivity index (χ1v) is 9.25. The molecule has 5 heteroatoms. The molecule has 0 unspecified atom stereocenters. The first-order chi connectivity index (χ1) is 12.2. The minimum Gasteiger partial charge on any atom is -0.354 e. The summed E-state index contributed by atoms with van der Waals surface area (Å²) in [6, 6.07) is 10.7. The van der Waals surface area contributed by atoms with Crippen molar-refractivity contribution >= 4 is 5.82 Å². The van der Waals surface area contributed by atoms with Gasteiger partial charge in [0.25, 0.3) is 0 Å². The Bertz CT molecular complexity index is 722. The summed E-state index contributed by atoms with van der Waals surface area (Å²) in [6.07, 6.45) is 1.02. The van der Waals surface area contributed by atoms with Crippen LogP contribution in [0.4, 0.5) is 5.82 Å². The molecule has 0 spiro atoms. The number of hydrogen-bond acceptors (Lipinski definition) is 5. The summed E-state index contributed by atoms with van der Waals surface area (Å²) >= 11 is 0. The Hall–Kier alpha value is -1.98. The smallest absolute Gasteiger partial charge is 0.137 e. The summed E-state index contributed by atoms with van der Waals surface area (Å²) < 4.78 is 0. The molecule has 1 saturated heterocycles. The third-order valence-corrected chi connectivity index (χ3v) is 5.28. The second kappa shape index (κ2) is 7.10. The quantitative estimate of drug-likeness (QED) is 0.857. The highest BCUT2D eigenvalue weighted by Crippen LogP contribution is 2.28. The van der Waals surface area contributed by atoms with E-state index in [0.29, 0.717) is 0 Å². The maximum Gasteiger partial charge on any atom is 0.137 e. The Morgan fingerprint density at radius 1 is 0.960 bits per heavy atom. The number of anilines is 1. The van der Waals surface area contributed by atoms with Crippen molar-refractivity contribution in [1.29, 1.82) is 0 Å². The number of benzene rings is 1. The van der Waals surface area contributed by atoms with Gasteiger partial charge in [0, 0.05) is 57.8 Å². The zero-order valence-electron chi connectivity index (χ0n) is 15.3. The van der Waals surface area contributed by atoms with Crippen LogP contribution in [0.2, 0.25) is 0 Å². The summed E-state index contributed by atoms with van der Waals surface area (Å²) in [7, 11) is 2.19. The molecule has 4 rings (SSSR count). The molecule has 2 aliphatic rings. The third kappa shape index (κ3) is 3.67. The number of fused-ring (bicyclic) bond motifs is 1.